The third-order valence-corrected chi connectivity index (χ3v) is 2.70. The Balaban J connectivity index is 2.51. The summed E-state index contributed by atoms with van der Waals surface area (Å²) in [5.41, 5.74) is 0. The number of hydrogen-bond donors (Lipinski definition) is 0. The molecule has 1 nitrogen and oxygen atoms in total. The number of ether oxygens (including phenoxy) is 1. The SMILES string of the molecule is CC(C)[C@H]1OCC[C@H]1C(C)C. The largest absolute Gasteiger partial charge is 0.378 e. The van der Waals surface area contributed by atoms with Crippen LogP contribution >= 0.6 is 0 Å². The van der Waals surface area contributed by atoms with E-state index in [9.17, 15) is 0 Å². The van der Waals surface area contributed by atoms with Gasteiger partial charge in [-0.2, -0.15) is 0 Å². The molecule has 0 bridgehead atoms. The van der Waals surface area contributed by atoms with Crippen molar-refractivity contribution in [3.63, 3.8) is 0 Å². The van der Waals surface area contributed by atoms with E-state index in [1.165, 1.54) is 6.42 Å². The molecule has 11 heavy (non-hydrogen) atoms. The molecular formula is C10H20O. The Morgan fingerprint density at radius 1 is 1.09 bits per heavy atom. The highest BCUT2D eigenvalue weighted by Crippen LogP contribution is 2.31. The van der Waals surface area contributed by atoms with Crippen molar-refractivity contribution in [2.45, 2.75) is 40.2 Å². The fourth-order valence-electron chi connectivity index (χ4n) is 2.03. The molecule has 1 aliphatic heterocycles. The van der Waals surface area contributed by atoms with Crippen molar-refractivity contribution >= 4 is 0 Å². The van der Waals surface area contributed by atoms with Gasteiger partial charge in [0.1, 0.15) is 0 Å². The van der Waals surface area contributed by atoms with E-state index in [-0.39, 0.29) is 0 Å². The summed E-state index contributed by atoms with van der Waals surface area (Å²) in [6.45, 7) is 10.1. The van der Waals surface area contributed by atoms with E-state index in [0.29, 0.717) is 12.0 Å². The van der Waals surface area contributed by atoms with Gasteiger partial charge in [-0.15, -0.1) is 0 Å². The zero-order valence-electron chi connectivity index (χ0n) is 8.13. The number of rotatable bonds is 2. The van der Waals surface area contributed by atoms with E-state index in [0.717, 1.165) is 18.4 Å². The first-order chi connectivity index (χ1) is 5.13. The minimum atomic E-state index is 0.523. The summed E-state index contributed by atoms with van der Waals surface area (Å²) in [5, 5.41) is 0. The summed E-state index contributed by atoms with van der Waals surface area (Å²) >= 11 is 0. The molecule has 0 saturated carbocycles. The molecule has 1 heterocycles. The summed E-state index contributed by atoms with van der Waals surface area (Å²) in [4.78, 5) is 0. The molecule has 1 aliphatic rings. The lowest BCUT2D eigenvalue weighted by molar-refractivity contribution is 0.0435. The Labute approximate surface area is 70.1 Å². The van der Waals surface area contributed by atoms with Crippen LogP contribution in [0.15, 0.2) is 0 Å². The van der Waals surface area contributed by atoms with E-state index in [1.54, 1.807) is 0 Å². The maximum Gasteiger partial charge on any atom is 0.0629 e. The van der Waals surface area contributed by atoms with E-state index in [2.05, 4.69) is 27.7 Å². The highest BCUT2D eigenvalue weighted by atomic mass is 16.5. The Hall–Kier alpha value is -0.0400. The standard InChI is InChI=1S/C10H20O/c1-7(2)9-5-6-11-10(9)8(3)4/h7-10H,5-6H2,1-4H3/t9-,10+/m0/s1. The Kier molecular flexibility index (Phi) is 2.94. The molecular weight excluding hydrogens is 136 g/mol. The molecule has 66 valence electrons. The van der Waals surface area contributed by atoms with Crippen molar-refractivity contribution in [1.82, 2.24) is 0 Å². The molecule has 0 amide bonds. The van der Waals surface area contributed by atoms with Crippen LogP contribution in [0.4, 0.5) is 0 Å². The first-order valence-electron chi connectivity index (χ1n) is 4.74. The molecule has 0 radical (unpaired) electrons. The normalized spacial score (nSPS) is 32.2. The van der Waals surface area contributed by atoms with Gasteiger partial charge in [-0.25, -0.2) is 0 Å². The van der Waals surface area contributed by atoms with Crippen LogP contribution in [0.2, 0.25) is 0 Å². The molecule has 1 rings (SSSR count). The molecule has 0 aromatic heterocycles. The van der Waals surface area contributed by atoms with Gasteiger partial charge in [-0.05, 0) is 24.2 Å². The fourth-order valence-corrected chi connectivity index (χ4v) is 2.03. The minimum absolute atomic E-state index is 0.523. The average molecular weight is 156 g/mol. The maximum absolute atomic E-state index is 5.69. The van der Waals surface area contributed by atoms with Crippen LogP contribution in [0.1, 0.15) is 34.1 Å². The van der Waals surface area contributed by atoms with Crippen molar-refractivity contribution in [3.8, 4) is 0 Å². The first-order valence-corrected chi connectivity index (χ1v) is 4.74. The van der Waals surface area contributed by atoms with Crippen LogP contribution in [-0.4, -0.2) is 12.7 Å². The van der Waals surface area contributed by atoms with Gasteiger partial charge in [-0.1, -0.05) is 27.7 Å². The summed E-state index contributed by atoms with van der Waals surface area (Å²) in [6.07, 6.45) is 1.79. The van der Waals surface area contributed by atoms with Crippen LogP contribution in [0.3, 0.4) is 0 Å². The van der Waals surface area contributed by atoms with Crippen molar-refractivity contribution in [2.75, 3.05) is 6.61 Å². The molecule has 0 unspecified atom stereocenters. The van der Waals surface area contributed by atoms with Crippen molar-refractivity contribution in [1.29, 1.82) is 0 Å². The van der Waals surface area contributed by atoms with E-state index < -0.39 is 0 Å². The van der Waals surface area contributed by atoms with Gasteiger partial charge in [-0.3, -0.25) is 0 Å². The van der Waals surface area contributed by atoms with Gasteiger partial charge >= 0.3 is 0 Å². The smallest absolute Gasteiger partial charge is 0.0629 e. The van der Waals surface area contributed by atoms with Gasteiger partial charge < -0.3 is 4.74 Å². The predicted octanol–water partition coefficient (Wildman–Crippen LogP) is 2.70. The Morgan fingerprint density at radius 3 is 2.09 bits per heavy atom. The second kappa shape index (κ2) is 3.57. The summed E-state index contributed by atoms with van der Waals surface area (Å²) in [6, 6.07) is 0. The lowest BCUT2D eigenvalue weighted by Crippen LogP contribution is -2.25. The average Bonchev–Trinajstić information content (AvgIpc) is 2.32. The molecule has 1 fully saturated rings. The van der Waals surface area contributed by atoms with Crippen LogP contribution in [0.5, 0.6) is 0 Å². The monoisotopic (exact) mass is 156 g/mol. The van der Waals surface area contributed by atoms with Crippen LogP contribution in [0, 0.1) is 17.8 Å². The molecule has 0 aromatic rings. The quantitative estimate of drug-likeness (QED) is 0.597. The molecule has 1 heteroatoms. The molecule has 0 aliphatic carbocycles. The third kappa shape index (κ3) is 1.96. The topological polar surface area (TPSA) is 9.23 Å². The first kappa shape index (κ1) is 9.05. The van der Waals surface area contributed by atoms with Crippen molar-refractivity contribution in [2.24, 2.45) is 17.8 Å². The van der Waals surface area contributed by atoms with Crippen molar-refractivity contribution < 1.29 is 4.74 Å². The highest BCUT2D eigenvalue weighted by Gasteiger charge is 2.32. The molecule has 2 atom stereocenters. The van der Waals surface area contributed by atoms with Gasteiger partial charge in [0.25, 0.3) is 0 Å². The van der Waals surface area contributed by atoms with Gasteiger partial charge in [0.05, 0.1) is 6.10 Å². The Morgan fingerprint density at radius 2 is 1.73 bits per heavy atom. The van der Waals surface area contributed by atoms with Gasteiger partial charge in [0, 0.05) is 6.61 Å². The lowest BCUT2D eigenvalue weighted by Gasteiger charge is -2.24. The highest BCUT2D eigenvalue weighted by molar-refractivity contribution is 4.80. The van der Waals surface area contributed by atoms with Crippen LogP contribution < -0.4 is 0 Å². The third-order valence-electron chi connectivity index (χ3n) is 2.70. The molecule has 0 aromatic carbocycles. The van der Waals surface area contributed by atoms with Crippen LogP contribution in [0.25, 0.3) is 0 Å². The second-order valence-corrected chi connectivity index (χ2v) is 4.28. The minimum Gasteiger partial charge on any atom is -0.378 e. The second-order valence-electron chi connectivity index (χ2n) is 4.28. The summed E-state index contributed by atoms with van der Waals surface area (Å²) in [5.74, 6) is 2.27. The molecule has 0 spiro atoms. The zero-order valence-corrected chi connectivity index (χ0v) is 8.13. The number of hydrogen-bond acceptors (Lipinski definition) is 1. The van der Waals surface area contributed by atoms with Gasteiger partial charge in [0.15, 0.2) is 0 Å². The summed E-state index contributed by atoms with van der Waals surface area (Å²) in [7, 11) is 0. The summed E-state index contributed by atoms with van der Waals surface area (Å²) < 4.78 is 5.69. The van der Waals surface area contributed by atoms with E-state index in [1.807, 2.05) is 0 Å². The molecule has 0 N–H and O–H groups in total. The molecule has 1 saturated heterocycles. The van der Waals surface area contributed by atoms with E-state index >= 15 is 0 Å². The Bertz CT molecular complexity index is 104. The zero-order chi connectivity index (χ0) is 8.43. The lowest BCUT2D eigenvalue weighted by atomic mass is 9.84. The predicted molar refractivity (Wildman–Crippen MR) is 47.5 cm³/mol. The van der Waals surface area contributed by atoms with E-state index in [4.69, 9.17) is 4.74 Å². The van der Waals surface area contributed by atoms with Crippen molar-refractivity contribution in [3.05, 3.63) is 0 Å². The fraction of sp³-hybridized carbons (Fsp3) is 1.00. The van der Waals surface area contributed by atoms with Crippen LogP contribution in [-0.2, 0) is 4.74 Å². The maximum atomic E-state index is 5.69. The van der Waals surface area contributed by atoms with Gasteiger partial charge in [0.2, 0.25) is 0 Å².